The van der Waals surface area contributed by atoms with Crippen LogP contribution < -0.4 is 0 Å². The maximum Gasteiger partial charge on any atom is 0.0702 e. The molecule has 0 aliphatic carbocycles. The quantitative estimate of drug-likeness (QED) is 0.923. The lowest BCUT2D eigenvalue weighted by atomic mass is 9.99. The van der Waals surface area contributed by atoms with Gasteiger partial charge in [0.2, 0.25) is 0 Å². The summed E-state index contributed by atoms with van der Waals surface area (Å²) < 4.78 is 5.64. The normalized spacial score (nSPS) is 23.7. The average Bonchev–Trinajstić information content (AvgIpc) is 2.59. The van der Waals surface area contributed by atoms with Gasteiger partial charge in [-0.2, -0.15) is 0 Å². The van der Waals surface area contributed by atoms with Gasteiger partial charge in [-0.3, -0.25) is 4.98 Å². The highest BCUT2D eigenvalue weighted by Crippen LogP contribution is 2.21. The molecule has 1 saturated heterocycles. The SMILES string of the molecule is CC1CC(N(C)C)CC(C)O1.OC/C=C/c1cnc2ccccc2c1. The van der Waals surface area contributed by atoms with Crippen molar-refractivity contribution in [1.29, 1.82) is 0 Å². The molecule has 4 heteroatoms. The predicted octanol–water partition coefficient (Wildman–Crippen LogP) is 3.74. The molecule has 3 rings (SSSR count). The van der Waals surface area contributed by atoms with E-state index < -0.39 is 0 Å². The third kappa shape index (κ3) is 6.24. The van der Waals surface area contributed by atoms with Gasteiger partial charge in [-0.05, 0) is 58.5 Å². The Morgan fingerprint density at radius 2 is 1.88 bits per heavy atom. The molecule has 1 fully saturated rings. The van der Waals surface area contributed by atoms with E-state index in [-0.39, 0.29) is 6.61 Å². The second kappa shape index (κ2) is 9.66. The zero-order valence-corrected chi connectivity index (χ0v) is 15.7. The molecule has 0 saturated carbocycles. The van der Waals surface area contributed by atoms with Crippen LogP contribution in [0, 0.1) is 0 Å². The highest BCUT2D eigenvalue weighted by molar-refractivity contribution is 5.80. The summed E-state index contributed by atoms with van der Waals surface area (Å²) in [6, 6.07) is 10.7. The second-order valence-corrected chi connectivity index (χ2v) is 6.89. The molecule has 2 heterocycles. The van der Waals surface area contributed by atoms with E-state index in [0.29, 0.717) is 18.2 Å². The number of rotatable bonds is 3. The number of aliphatic hydroxyl groups excluding tert-OH is 1. The average molecular weight is 342 g/mol. The molecule has 25 heavy (non-hydrogen) atoms. The van der Waals surface area contributed by atoms with Gasteiger partial charge in [0.15, 0.2) is 0 Å². The molecule has 1 aromatic heterocycles. The Bertz CT molecular complexity index is 674. The molecular weight excluding hydrogens is 312 g/mol. The molecular formula is C21H30N2O2. The fraction of sp³-hybridized carbons (Fsp3) is 0.476. The molecule has 1 aromatic carbocycles. The molecule has 0 radical (unpaired) electrons. The Hall–Kier alpha value is -1.75. The van der Waals surface area contributed by atoms with Gasteiger partial charge in [0, 0.05) is 17.6 Å². The van der Waals surface area contributed by atoms with E-state index in [4.69, 9.17) is 9.84 Å². The largest absolute Gasteiger partial charge is 0.392 e. The van der Waals surface area contributed by atoms with E-state index in [1.54, 1.807) is 12.3 Å². The highest BCUT2D eigenvalue weighted by atomic mass is 16.5. The van der Waals surface area contributed by atoms with Gasteiger partial charge in [0.05, 0.1) is 24.3 Å². The lowest BCUT2D eigenvalue weighted by molar-refractivity contribution is -0.0578. The van der Waals surface area contributed by atoms with Crippen LogP contribution in [-0.4, -0.2) is 53.9 Å². The Kier molecular flexibility index (Phi) is 7.56. The van der Waals surface area contributed by atoms with Crippen molar-refractivity contribution in [3.8, 4) is 0 Å². The minimum Gasteiger partial charge on any atom is -0.392 e. The number of benzene rings is 1. The third-order valence-corrected chi connectivity index (χ3v) is 4.43. The van der Waals surface area contributed by atoms with E-state index >= 15 is 0 Å². The summed E-state index contributed by atoms with van der Waals surface area (Å²) in [7, 11) is 4.30. The molecule has 2 atom stereocenters. The number of aliphatic hydroxyl groups is 1. The first-order chi connectivity index (χ1) is 12.0. The van der Waals surface area contributed by atoms with Crippen LogP contribution in [0.2, 0.25) is 0 Å². The summed E-state index contributed by atoms with van der Waals surface area (Å²) in [5.74, 6) is 0. The maximum absolute atomic E-state index is 8.63. The molecule has 2 unspecified atom stereocenters. The molecule has 1 aliphatic heterocycles. The molecule has 1 N–H and O–H groups in total. The number of hydrogen-bond acceptors (Lipinski definition) is 4. The summed E-state index contributed by atoms with van der Waals surface area (Å²) in [6.45, 7) is 4.38. The smallest absolute Gasteiger partial charge is 0.0702 e. The van der Waals surface area contributed by atoms with Crippen molar-refractivity contribution in [3.05, 3.63) is 48.2 Å². The number of para-hydroxylation sites is 1. The third-order valence-electron chi connectivity index (χ3n) is 4.43. The summed E-state index contributed by atoms with van der Waals surface area (Å²) in [4.78, 5) is 6.60. The lowest BCUT2D eigenvalue weighted by Gasteiger charge is -2.35. The first kappa shape index (κ1) is 19.6. The maximum atomic E-state index is 8.63. The van der Waals surface area contributed by atoms with E-state index in [1.807, 2.05) is 30.3 Å². The van der Waals surface area contributed by atoms with Crippen LogP contribution in [0.3, 0.4) is 0 Å². The lowest BCUT2D eigenvalue weighted by Crippen LogP contribution is -2.40. The van der Waals surface area contributed by atoms with Crippen molar-refractivity contribution >= 4 is 17.0 Å². The Labute approximate surface area is 151 Å². The van der Waals surface area contributed by atoms with Gasteiger partial charge >= 0.3 is 0 Å². The summed E-state index contributed by atoms with van der Waals surface area (Å²) in [5.41, 5.74) is 2.01. The van der Waals surface area contributed by atoms with Crippen LogP contribution in [0.1, 0.15) is 32.3 Å². The second-order valence-electron chi connectivity index (χ2n) is 6.89. The van der Waals surface area contributed by atoms with Gasteiger partial charge in [0.25, 0.3) is 0 Å². The van der Waals surface area contributed by atoms with Crippen LogP contribution in [0.15, 0.2) is 42.6 Å². The number of hydrogen-bond donors (Lipinski definition) is 1. The Balaban J connectivity index is 0.000000186. The van der Waals surface area contributed by atoms with E-state index in [9.17, 15) is 0 Å². The molecule has 0 spiro atoms. The minimum absolute atomic E-state index is 0.0623. The van der Waals surface area contributed by atoms with Gasteiger partial charge in [-0.25, -0.2) is 0 Å². The number of pyridine rings is 1. The fourth-order valence-corrected chi connectivity index (χ4v) is 3.16. The van der Waals surface area contributed by atoms with Crippen LogP contribution in [0.4, 0.5) is 0 Å². The molecule has 4 nitrogen and oxygen atoms in total. The minimum atomic E-state index is 0.0623. The monoisotopic (exact) mass is 342 g/mol. The summed E-state index contributed by atoms with van der Waals surface area (Å²) in [6.07, 6.45) is 8.59. The van der Waals surface area contributed by atoms with Crippen molar-refractivity contribution < 1.29 is 9.84 Å². The van der Waals surface area contributed by atoms with Gasteiger partial charge < -0.3 is 14.7 Å². The van der Waals surface area contributed by atoms with Crippen molar-refractivity contribution in [2.45, 2.75) is 44.9 Å². The number of ether oxygens (including phenoxy) is 1. The summed E-state index contributed by atoms with van der Waals surface area (Å²) in [5, 5.41) is 9.75. The topological polar surface area (TPSA) is 45.6 Å². The Morgan fingerprint density at radius 1 is 1.20 bits per heavy atom. The fourth-order valence-electron chi connectivity index (χ4n) is 3.16. The zero-order chi connectivity index (χ0) is 18.2. The van der Waals surface area contributed by atoms with E-state index in [2.05, 4.69) is 43.9 Å². The Morgan fingerprint density at radius 3 is 2.52 bits per heavy atom. The van der Waals surface area contributed by atoms with Crippen LogP contribution in [0.5, 0.6) is 0 Å². The molecule has 2 aromatic rings. The van der Waals surface area contributed by atoms with E-state index in [1.165, 1.54) is 12.8 Å². The van der Waals surface area contributed by atoms with Crippen LogP contribution >= 0.6 is 0 Å². The number of fused-ring (bicyclic) bond motifs is 1. The van der Waals surface area contributed by atoms with Crippen molar-refractivity contribution in [3.63, 3.8) is 0 Å². The first-order valence-electron chi connectivity index (χ1n) is 8.93. The van der Waals surface area contributed by atoms with Crippen LogP contribution in [-0.2, 0) is 4.74 Å². The van der Waals surface area contributed by atoms with Gasteiger partial charge in [-0.1, -0.05) is 30.4 Å². The standard InChI is InChI=1S/C12H11NO.C9H19NO/c14-7-3-4-10-8-11-5-1-2-6-12(11)13-9-10;1-7-5-9(10(3)4)6-8(2)11-7/h1-6,8-9,14H,7H2;7-9H,5-6H2,1-4H3/b4-3+;. The molecule has 1 aliphatic rings. The highest BCUT2D eigenvalue weighted by Gasteiger charge is 2.25. The van der Waals surface area contributed by atoms with Crippen molar-refractivity contribution in [2.75, 3.05) is 20.7 Å². The zero-order valence-electron chi connectivity index (χ0n) is 15.7. The van der Waals surface area contributed by atoms with Gasteiger partial charge in [0.1, 0.15) is 0 Å². The van der Waals surface area contributed by atoms with E-state index in [0.717, 1.165) is 16.5 Å². The van der Waals surface area contributed by atoms with Crippen molar-refractivity contribution in [2.24, 2.45) is 0 Å². The predicted molar refractivity (Wildman–Crippen MR) is 105 cm³/mol. The summed E-state index contributed by atoms with van der Waals surface area (Å²) >= 11 is 0. The first-order valence-corrected chi connectivity index (χ1v) is 8.93. The molecule has 136 valence electrons. The van der Waals surface area contributed by atoms with Crippen LogP contribution in [0.25, 0.3) is 17.0 Å². The van der Waals surface area contributed by atoms with Gasteiger partial charge in [-0.15, -0.1) is 0 Å². The number of nitrogens with zero attached hydrogens (tertiary/aromatic N) is 2. The molecule has 0 amide bonds. The number of aromatic nitrogens is 1. The van der Waals surface area contributed by atoms with Crippen molar-refractivity contribution in [1.82, 2.24) is 9.88 Å². The molecule has 0 bridgehead atoms.